The van der Waals surface area contributed by atoms with Gasteiger partial charge in [-0.3, -0.25) is 37.6 Å². The van der Waals surface area contributed by atoms with Gasteiger partial charge in [0.1, 0.15) is 12.1 Å². The van der Waals surface area contributed by atoms with Crippen LogP contribution in [0.5, 0.6) is 17.2 Å². The molecule has 18 N–H and O–H groups in total. The van der Waals surface area contributed by atoms with E-state index < -0.39 is 49.2 Å². The van der Waals surface area contributed by atoms with Crippen LogP contribution in [0.15, 0.2) is 64.8 Å². The van der Waals surface area contributed by atoms with Crippen LogP contribution < -0.4 is 80.5 Å². The zero-order chi connectivity index (χ0) is 67.7. The van der Waals surface area contributed by atoms with Crippen LogP contribution in [-0.4, -0.2) is 175 Å². The van der Waals surface area contributed by atoms with Gasteiger partial charge in [-0.15, -0.1) is 0 Å². The standard InChI is InChI=1S/C63H99BF2N14O10S2/c1-39-27-41(3)76-57(39)50(58-40(2)28-42(4)80(58)64(65)66)14-15-55(81)73-21-8-7-9-51(62(85)74-22-16-56(82)77-49(38-91)37-75-48-12-10-46(11-13-48)60(83)79-52(20-26-92-6)63(86)87-5)78-61(84)47-29-53(88-23-17-43(31-67)32-68)59(90-25-19-45(35-71)36-72)54(30-47)89-24-18-44(33-69)34-70/h10-13,27-30,43-45,49,51-52,75,91H,7-9,14-26,31-38,67-72H2,1-6H3,(H,73,81)(H,74,85)(H,77,82)(H,78,84)(H,79,83)/b57-50-/t49-,51+,52+/m1/s1. The molecule has 4 rings (SSSR count). The quantitative estimate of drug-likeness (QED) is 0.0165. The van der Waals surface area contributed by atoms with E-state index in [4.69, 9.17) is 53.3 Å². The number of methoxy groups -OCH3 is 1. The lowest BCUT2D eigenvalue weighted by molar-refractivity contribution is -0.143. The third-order valence-corrected chi connectivity index (χ3v) is 16.8. The van der Waals surface area contributed by atoms with Crippen LogP contribution in [-0.2, 0) is 23.9 Å². The summed E-state index contributed by atoms with van der Waals surface area (Å²) in [6.45, 7) is 9.90. The second-order valence-electron chi connectivity index (χ2n) is 22.7. The van der Waals surface area contributed by atoms with Gasteiger partial charge in [-0.05, 0) is 208 Å². The molecule has 0 radical (unpaired) electrons. The summed E-state index contributed by atoms with van der Waals surface area (Å²) < 4.78 is 53.8. The molecule has 0 spiro atoms. The number of aromatic nitrogens is 1. The van der Waals surface area contributed by atoms with Crippen LogP contribution in [0.4, 0.5) is 14.3 Å². The summed E-state index contributed by atoms with van der Waals surface area (Å²) in [6.07, 6.45) is 6.48. The predicted molar refractivity (Wildman–Crippen MR) is 365 cm³/mol. The van der Waals surface area contributed by atoms with E-state index in [0.717, 1.165) is 15.8 Å². The molecule has 3 aromatic rings. The predicted octanol–water partition coefficient (Wildman–Crippen LogP) is 3.84. The molecular weight excluding hydrogens is 1230 g/mol. The van der Waals surface area contributed by atoms with E-state index >= 15 is 0 Å². The van der Waals surface area contributed by atoms with Gasteiger partial charge in [0.2, 0.25) is 23.5 Å². The molecule has 24 nitrogen and oxygen atoms in total. The third kappa shape index (κ3) is 25.3. The number of hydrogen-bond donors (Lipinski definition) is 13. The minimum atomic E-state index is -2.81. The number of unbranched alkanes of at least 4 members (excludes halogenated alkanes) is 1. The number of anilines is 1. The highest BCUT2D eigenvalue weighted by atomic mass is 32.2. The number of carbonyl (C=O) groups is 6. The SMILES string of the molecule is COC(=O)[C@H](CCSC)NC(=O)c1ccc(NC[C@H](CS)NC(=O)CCNC(=O)[C@H](CCCCNC(=O)CC/C(=C2/N=C(C)C=C2C)c2c(C)cc(C)n2B(F)F)NC(=O)c2cc(OCCC(CN)CN)c(OCCC(CN)CN)c(OCCC(CN)CN)c2)cc1. The zero-order valence-electron chi connectivity index (χ0n) is 54.2. The first-order valence-electron chi connectivity index (χ1n) is 31.4. The molecule has 510 valence electrons. The number of aryl methyl sites for hydroxylation is 2. The average molecular weight is 1330 g/mol. The summed E-state index contributed by atoms with van der Waals surface area (Å²) in [5, 5.41) is 17.5. The summed E-state index contributed by atoms with van der Waals surface area (Å²) >= 11 is 6.00. The van der Waals surface area contributed by atoms with E-state index in [0.29, 0.717) is 123 Å². The van der Waals surface area contributed by atoms with Gasteiger partial charge in [-0.2, -0.15) is 24.4 Å². The fourth-order valence-corrected chi connectivity index (χ4v) is 10.8. The monoisotopic (exact) mass is 1320 g/mol. The summed E-state index contributed by atoms with van der Waals surface area (Å²) in [7, 11) is -1.54. The number of hydrogen-bond acceptors (Lipinski definition) is 20. The van der Waals surface area contributed by atoms with Crippen molar-refractivity contribution in [3.05, 3.63) is 87.9 Å². The molecule has 0 saturated carbocycles. The molecule has 0 aliphatic carbocycles. The van der Waals surface area contributed by atoms with Crippen molar-refractivity contribution in [1.82, 2.24) is 31.1 Å². The Morgan fingerprint density at radius 1 is 0.674 bits per heavy atom. The number of amides is 5. The van der Waals surface area contributed by atoms with Crippen molar-refractivity contribution in [3.63, 3.8) is 0 Å². The number of nitrogens with two attached hydrogens (primary N) is 6. The lowest BCUT2D eigenvalue weighted by atomic mass is 9.97. The minimum absolute atomic E-state index is 0.0198. The van der Waals surface area contributed by atoms with Gasteiger partial charge in [-0.25, -0.2) is 4.79 Å². The molecule has 1 aliphatic heterocycles. The molecule has 2 heterocycles. The summed E-state index contributed by atoms with van der Waals surface area (Å²) in [6, 6.07) is 8.92. The Kier molecular flexibility index (Phi) is 35.3. The number of carbonyl (C=O) groups excluding carboxylic acids is 6. The molecule has 2 aromatic carbocycles. The van der Waals surface area contributed by atoms with Crippen LogP contribution in [0.3, 0.4) is 0 Å². The molecule has 1 aliphatic rings. The van der Waals surface area contributed by atoms with Crippen molar-refractivity contribution < 1.29 is 56.3 Å². The van der Waals surface area contributed by atoms with E-state index in [1.807, 2.05) is 26.2 Å². The van der Waals surface area contributed by atoms with Crippen molar-refractivity contribution in [2.45, 2.75) is 110 Å². The van der Waals surface area contributed by atoms with Crippen LogP contribution in [0.2, 0.25) is 0 Å². The molecule has 1 aromatic heterocycles. The van der Waals surface area contributed by atoms with Crippen LogP contribution >= 0.6 is 24.4 Å². The minimum Gasteiger partial charge on any atom is -0.490 e. The fourth-order valence-electron chi connectivity index (χ4n) is 10.1. The van der Waals surface area contributed by atoms with E-state index in [1.165, 1.54) is 19.2 Å². The van der Waals surface area contributed by atoms with Crippen LogP contribution in [0.25, 0.3) is 5.57 Å². The fraction of sp³-hybridized carbons (Fsp3) is 0.571. The number of esters is 1. The third-order valence-electron chi connectivity index (χ3n) is 15.7. The van der Waals surface area contributed by atoms with Gasteiger partial charge < -0.3 is 89.7 Å². The van der Waals surface area contributed by atoms with Gasteiger partial charge >= 0.3 is 13.4 Å². The molecule has 5 amide bonds. The molecule has 92 heavy (non-hydrogen) atoms. The second kappa shape index (κ2) is 41.8. The zero-order valence-corrected chi connectivity index (χ0v) is 55.9. The van der Waals surface area contributed by atoms with Crippen molar-refractivity contribution in [2.75, 3.05) is 109 Å². The Hall–Kier alpha value is -6.73. The molecule has 0 fully saturated rings. The topological polar surface area (TPSA) is 385 Å². The first-order valence-corrected chi connectivity index (χ1v) is 33.4. The van der Waals surface area contributed by atoms with Crippen LogP contribution in [0, 0.1) is 31.6 Å². The Morgan fingerprint density at radius 2 is 1.25 bits per heavy atom. The molecular formula is C63H99BF2N14O10S2. The van der Waals surface area contributed by atoms with Gasteiger partial charge in [0.15, 0.2) is 11.5 Å². The number of thioether (sulfide) groups is 1. The van der Waals surface area contributed by atoms with E-state index in [1.54, 1.807) is 55.9 Å². The maximum absolute atomic E-state index is 14.6. The Balaban J connectivity index is 1.53. The lowest BCUT2D eigenvalue weighted by Gasteiger charge is -2.22. The highest BCUT2D eigenvalue weighted by molar-refractivity contribution is 7.98. The number of nitrogens with zero attached hydrogens (tertiary/aromatic N) is 2. The van der Waals surface area contributed by atoms with Crippen molar-refractivity contribution in [2.24, 2.45) is 57.1 Å². The summed E-state index contributed by atoms with van der Waals surface area (Å²) in [5.74, 6) is -1.53. The highest BCUT2D eigenvalue weighted by Crippen LogP contribution is 2.40. The molecule has 0 saturated heterocycles. The Labute approximate surface area is 550 Å². The number of nitrogens with one attached hydrogen (secondary N) is 6. The smallest absolute Gasteiger partial charge is 0.490 e. The number of rotatable bonds is 45. The first kappa shape index (κ1) is 77.7. The number of thiol groups is 1. The molecule has 0 unspecified atom stereocenters. The van der Waals surface area contributed by atoms with Crippen LogP contribution in [0.1, 0.15) is 116 Å². The van der Waals surface area contributed by atoms with Gasteiger partial charge in [0.25, 0.3) is 11.8 Å². The Morgan fingerprint density at radius 3 is 1.78 bits per heavy atom. The highest BCUT2D eigenvalue weighted by Gasteiger charge is 2.30. The number of benzene rings is 2. The maximum atomic E-state index is 14.6. The van der Waals surface area contributed by atoms with Gasteiger partial charge in [0.05, 0.1) is 38.7 Å². The van der Waals surface area contributed by atoms with Crippen molar-refractivity contribution >= 4 is 84.3 Å². The Bertz CT molecular complexity index is 2910. The number of aliphatic imine (C=N–C) groups is 1. The van der Waals surface area contributed by atoms with Gasteiger partial charge in [0, 0.05) is 77.7 Å². The largest absolute Gasteiger partial charge is 0.677 e. The number of ether oxygens (including phenoxy) is 4. The maximum Gasteiger partial charge on any atom is 0.677 e. The molecule has 29 heteroatoms. The lowest BCUT2D eigenvalue weighted by Crippen LogP contribution is -2.48. The van der Waals surface area contributed by atoms with Gasteiger partial charge in [-0.1, -0.05) is 0 Å². The average Bonchev–Trinajstić information content (AvgIpc) is 1.60. The van der Waals surface area contributed by atoms with E-state index in [2.05, 4.69) is 49.5 Å². The molecule has 3 atom stereocenters. The summed E-state index contributed by atoms with van der Waals surface area (Å²) in [4.78, 5) is 85.6. The molecule has 0 bridgehead atoms. The van der Waals surface area contributed by atoms with E-state index in [-0.39, 0.29) is 123 Å². The number of allylic oxidation sites excluding steroid dienone is 3. The summed E-state index contributed by atoms with van der Waals surface area (Å²) in [5.41, 5.74) is 40.8. The second-order valence-corrected chi connectivity index (χ2v) is 24.1. The first-order chi connectivity index (χ1) is 44.2. The normalized spacial score (nSPS) is 13.6. The van der Waals surface area contributed by atoms with Crippen molar-refractivity contribution in [3.8, 4) is 17.2 Å². The van der Waals surface area contributed by atoms with Crippen molar-refractivity contribution in [1.29, 1.82) is 0 Å². The number of halogens is 2. The van der Waals surface area contributed by atoms with E-state index in [9.17, 15) is 37.4 Å².